The van der Waals surface area contributed by atoms with Crippen molar-refractivity contribution in [3.63, 3.8) is 0 Å². The highest BCUT2D eigenvalue weighted by molar-refractivity contribution is 7.45. The Morgan fingerprint density at radius 2 is 0.540 bits per heavy atom. The van der Waals surface area contributed by atoms with E-state index >= 15 is 0 Å². The van der Waals surface area contributed by atoms with Crippen molar-refractivity contribution >= 4 is 19.8 Å². The first-order valence-electron chi connectivity index (χ1n) is 44.3. The fourth-order valence-corrected chi connectivity index (χ4v) is 14.3. The Balaban J connectivity index is 3.85. The van der Waals surface area contributed by atoms with Crippen molar-refractivity contribution in [1.29, 1.82) is 0 Å². The van der Waals surface area contributed by atoms with Crippen LogP contribution in [0.4, 0.5) is 0 Å². The van der Waals surface area contributed by atoms with Crippen LogP contribution in [0.1, 0.15) is 463 Å². The van der Waals surface area contributed by atoms with Gasteiger partial charge in [-0.05, 0) is 77.0 Å². The molecule has 0 N–H and O–H groups in total. The van der Waals surface area contributed by atoms with Crippen LogP contribution < -0.4 is 4.89 Å². The number of esters is 2. The van der Waals surface area contributed by atoms with Crippen LogP contribution in [0.5, 0.6) is 0 Å². The fraction of sp³-hybridized carbons (Fsp3) is 0.889. The molecule has 10 heteroatoms. The Labute approximate surface area is 624 Å². The van der Waals surface area contributed by atoms with E-state index in [1.54, 1.807) is 0 Å². The van der Waals surface area contributed by atoms with Gasteiger partial charge in [-0.1, -0.05) is 422 Å². The van der Waals surface area contributed by atoms with Crippen LogP contribution in [0.3, 0.4) is 0 Å². The molecular formula is C90H172NO8P. The highest BCUT2D eigenvalue weighted by Gasteiger charge is 2.22. The fourth-order valence-electron chi connectivity index (χ4n) is 13.6. The first-order valence-corrected chi connectivity index (χ1v) is 45.8. The molecule has 2 unspecified atom stereocenters. The van der Waals surface area contributed by atoms with E-state index in [4.69, 9.17) is 18.5 Å². The van der Waals surface area contributed by atoms with E-state index in [0.29, 0.717) is 17.4 Å². The first kappa shape index (κ1) is 98.0. The number of rotatable bonds is 84. The summed E-state index contributed by atoms with van der Waals surface area (Å²) in [6, 6.07) is 0. The van der Waals surface area contributed by atoms with Gasteiger partial charge >= 0.3 is 11.9 Å². The zero-order valence-corrected chi connectivity index (χ0v) is 68.6. The van der Waals surface area contributed by atoms with E-state index in [2.05, 4.69) is 62.5 Å². The third-order valence-corrected chi connectivity index (χ3v) is 21.3. The van der Waals surface area contributed by atoms with Gasteiger partial charge in [0.15, 0.2) is 6.10 Å². The number of carbonyl (C=O) groups is 2. The minimum atomic E-state index is -4.65. The first-order chi connectivity index (χ1) is 49.0. The van der Waals surface area contributed by atoms with E-state index in [1.807, 2.05) is 21.1 Å². The summed E-state index contributed by atoms with van der Waals surface area (Å²) in [5.41, 5.74) is 0. The van der Waals surface area contributed by atoms with Gasteiger partial charge in [0.25, 0.3) is 7.82 Å². The van der Waals surface area contributed by atoms with Gasteiger partial charge in [-0.15, -0.1) is 0 Å². The van der Waals surface area contributed by atoms with Gasteiger partial charge in [-0.2, -0.15) is 0 Å². The second-order valence-corrected chi connectivity index (χ2v) is 33.0. The SMILES string of the molecule is CCCCCCC/C=C\C/C=C\C/C=C\CCCCCCCCCCCCCCCCCCCCCCCCC(=O)OC(COC(=O)CCCCCCCCCCCCCCCCCCCCCCCCCCCCC/C=C\CCCCCCCCCC)COP(=O)([O-])OCC[N+](C)(C)C. The van der Waals surface area contributed by atoms with Crippen molar-refractivity contribution in [2.24, 2.45) is 0 Å². The molecule has 2 atom stereocenters. The van der Waals surface area contributed by atoms with E-state index in [-0.39, 0.29) is 32.0 Å². The molecule has 0 fully saturated rings. The number of ether oxygens (including phenoxy) is 2. The quantitative estimate of drug-likeness (QED) is 0.0195. The Hall–Kier alpha value is -2.03. The van der Waals surface area contributed by atoms with Crippen molar-refractivity contribution in [3.05, 3.63) is 48.6 Å². The van der Waals surface area contributed by atoms with Crippen LogP contribution in [-0.4, -0.2) is 70.0 Å². The molecule has 0 spiro atoms. The van der Waals surface area contributed by atoms with Crippen LogP contribution in [-0.2, 0) is 32.7 Å². The van der Waals surface area contributed by atoms with E-state index < -0.39 is 26.5 Å². The van der Waals surface area contributed by atoms with E-state index in [9.17, 15) is 19.0 Å². The van der Waals surface area contributed by atoms with Crippen LogP contribution in [0.2, 0.25) is 0 Å². The van der Waals surface area contributed by atoms with E-state index in [1.165, 1.54) is 385 Å². The van der Waals surface area contributed by atoms with Crippen molar-refractivity contribution in [3.8, 4) is 0 Å². The number of quaternary nitrogens is 1. The number of hydrogen-bond acceptors (Lipinski definition) is 8. The molecule has 0 aliphatic carbocycles. The lowest BCUT2D eigenvalue weighted by molar-refractivity contribution is -0.870. The highest BCUT2D eigenvalue weighted by atomic mass is 31.2. The normalized spacial score (nSPS) is 13.1. The van der Waals surface area contributed by atoms with Gasteiger partial charge in [0, 0.05) is 12.8 Å². The summed E-state index contributed by atoms with van der Waals surface area (Å²) < 4.78 is 34.5. The van der Waals surface area contributed by atoms with Crippen molar-refractivity contribution < 1.29 is 42.1 Å². The van der Waals surface area contributed by atoms with E-state index in [0.717, 1.165) is 44.9 Å². The topological polar surface area (TPSA) is 111 Å². The minimum Gasteiger partial charge on any atom is -0.756 e. The van der Waals surface area contributed by atoms with Gasteiger partial charge in [0.1, 0.15) is 19.8 Å². The van der Waals surface area contributed by atoms with Gasteiger partial charge in [0.05, 0.1) is 27.7 Å². The monoisotopic (exact) mass is 1430 g/mol. The predicted molar refractivity (Wildman–Crippen MR) is 434 cm³/mol. The molecule has 100 heavy (non-hydrogen) atoms. The van der Waals surface area contributed by atoms with Crippen LogP contribution in [0.25, 0.3) is 0 Å². The summed E-state index contributed by atoms with van der Waals surface area (Å²) in [7, 11) is 1.19. The zero-order valence-electron chi connectivity index (χ0n) is 67.7. The molecule has 0 rings (SSSR count). The zero-order chi connectivity index (χ0) is 72.5. The van der Waals surface area contributed by atoms with Crippen LogP contribution in [0.15, 0.2) is 48.6 Å². The second kappa shape index (κ2) is 81.1. The molecular weight excluding hydrogens is 1250 g/mol. The van der Waals surface area contributed by atoms with Crippen molar-refractivity contribution in [1.82, 2.24) is 0 Å². The molecule has 0 aliphatic rings. The number of likely N-dealkylation sites (N-methyl/N-ethyl adjacent to an activating group) is 1. The summed E-state index contributed by atoms with van der Waals surface area (Å²) in [5.74, 6) is -0.805. The Kier molecular flexibility index (Phi) is 79.4. The predicted octanol–water partition coefficient (Wildman–Crippen LogP) is 29.2. The number of allylic oxidation sites excluding steroid dienone is 8. The summed E-state index contributed by atoms with van der Waals surface area (Å²) in [5, 5.41) is 0. The van der Waals surface area contributed by atoms with Crippen LogP contribution >= 0.6 is 7.82 Å². The van der Waals surface area contributed by atoms with Gasteiger partial charge < -0.3 is 27.9 Å². The lowest BCUT2D eigenvalue weighted by atomic mass is 10.0. The number of nitrogens with zero attached hydrogens (tertiary/aromatic N) is 1. The third-order valence-electron chi connectivity index (χ3n) is 20.3. The molecule has 9 nitrogen and oxygen atoms in total. The Morgan fingerprint density at radius 1 is 0.310 bits per heavy atom. The molecule has 0 radical (unpaired) electrons. The lowest BCUT2D eigenvalue weighted by Gasteiger charge is -2.28. The van der Waals surface area contributed by atoms with Crippen molar-refractivity contribution in [2.45, 2.75) is 469 Å². The number of unbranched alkanes of at least 4 members (excludes halogenated alkanes) is 62. The van der Waals surface area contributed by atoms with Gasteiger partial charge in [0.2, 0.25) is 0 Å². The third kappa shape index (κ3) is 84.9. The molecule has 0 aromatic heterocycles. The average molecular weight is 1430 g/mol. The summed E-state index contributed by atoms with van der Waals surface area (Å²) >= 11 is 0. The maximum atomic E-state index is 12.9. The molecule has 0 bridgehead atoms. The number of hydrogen-bond donors (Lipinski definition) is 0. The molecule has 0 saturated heterocycles. The molecule has 0 heterocycles. The molecule has 0 saturated carbocycles. The maximum absolute atomic E-state index is 12.9. The molecule has 0 aliphatic heterocycles. The lowest BCUT2D eigenvalue weighted by Crippen LogP contribution is -2.37. The van der Waals surface area contributed by atoms with Gasteiger partial charge in [-0.3, -0.25) is 14.2 Å². The van der Waals surface area contributed by atoms with Crippen molar-refractivity contribution in [2.75, 3.05) is 47.5 Å². The highest BCUT2D eigenvalue weighted by Crippen LogP contribution is 2.38. The minimum absolute atomic E-state index is 0.0274. The summed E-state index contributed by atoms with van der Waals surface area (Å²) in [6.45, 7) is 4.31. The molecule has 0 aromatic carbocycles. The number of carbonyl (C=O) groups excluding carboxylic acids is 2. The second-order valence-electron chi connectivity index (χ2n) is 31.6. The standard InChI is InChI=1S/C90H172NO8P/c1-6-8-10-12-14-16-18-20-22-24-26-28-30-32-34-36-38-40-42-44-45-47-48-50-52-54-56-58-60-62-64-66-68-70-72-74-76-78-80-82-89(92)96-86-88(87-98-100(94,95)97-85-84-91(3,4)5)99-90(93)83-81-79-77-75-73-71-69-67-65-63-61-59-57-55-53-51-49-46-43-41-39-37-35-33-31-29-27-25-23-21-19-17-15-13-11-9-7-2/h19,21,24-27,31,33,88H,6-18,20,22-23,28-30,32,34-87H2,1-5H3/b21-19-,26-24-,27-25-,33-31-. The Bertz CT molecular complexity index is 1830. The van der Waals surface area contributed by atoms with Gasteiger partial charge in [-0.25, -0.2) is 0 Å². The smallest absolute Gasteiger partial charge is 0.306 e. The summed E-state index contributed by atoms with van der Waals surface area (Å²) in [4.78, 5) is 38.3. The maximum Gasteiger partial charge on any atom is 0.306 e. The molecule has 590 valence electrons. The number of phosphoric acid groups is 1. The summed E-state index contributed by atoms with van der Waals surface area (Å²) in [6.07, 6.45) is 109. The Morgan fingerprint density at radius 3 is 0.810 bits per heavy atom. The molecule has 0 aromatic rings. The largest absolute Gasteiger partial charge is 0.756 e. The number of phosphoric ester groups is 1. The van der Waals surface area contributed by atoms with Crippen LogP contribution in [0, 0.1) is 0 Å². The molecule has 0 amide bonds. The average Bonchev–Trinajstić information content (AvgIpc) is 1.02.